The lowest BCUT2D eigenvalue weighted by molar-refractivity contribution is -0.141. The number of nitrogens with one attached hydrogen (secondary N) is 2. The highest BCUT2D eigenvalue weighted by Crippen LogP contribution is 1.76. The van der Waals surface area contributed by atoms with Crippen LogP contribution in [0.4, 0.5) is 4.79 Å². The first kappa shape index (κ1) is 13.7. The van der Waals surface area contributed by atoms with Gasteiger partial charge < -0.3 is 20.1 Å². The minimum Gasteiger partial charge on any atom is -0.465 e. The number of esters is 1. The molecule has 0 fully saturated rings. The third kappa shape index (κ3) is 9.01. The summed E-state index contributed by atoms with van der Waals surface area (Å²) >= 11 is 0. The second-order valence-corrected chi connectivity index (χ2v) is 2.63. The molecule has 0 rings (SSSR count). The molecule has 0 atom stereocenters. The standard InChI is InChI=1S/C9H18N2O4/c1-3-14-8(12)7-10-5-6-11-9(13)15-4-2/h10H,3-7H2,1-2H3,(H,11,13). The molecule has 0 heterocycles. The van der Waals surface area contributed by atoms with Gasteiger partial charge in [-0.05, 0) is 13.8 Å². The molecule has 15 heavy (non-hydrogen) atoms. The van der Waals surface area contributed by atoms with Crippen LogP contribution in [0.5, 0.6) is 0 Å². The van der Waals surface area contributed by atoms with E-state index in [1.54, 1.807) is 13.8 Å². The summed E-state index contributed by atoms with van der Waals surface area (Å²) in [6, 6.07) is 0. The first-order valence-corrected chi connectivity index (χ1v) is 4.97. The number of hydrogen-bond donors (Lipinski definition) is 2. The molecule has 0 bridgehead atoms. The van der Waals surface area contributed by atoms with Crippen molar-refractivity contribution in [2.75, 3.05) is 32.8 Å². The molecule has 0 aliphatic carbocycles. The predicted octanol–water partition coefficient (Wildman–Crippen LogP) is -0.115. The normalized spacial score (nSPS) is 9.47. The average molecular weight is 218 g/mol. The molecule has 88 valence electrons. The third-order valence-electron chi connectivity index (χ3n) is 1.42. The summed E-state index contributed by atoms with van der Waals surface area (Å²) in [4.78, 5) is 21.6. The van der Waals surface area contributed by atoms with Crippen LogP contribution in [0.1, 0.15) is 13.8 Å². The minimum atomic E-state index is -0.449. The van der Waals surface area contributed by atoms with Crippen molar-refractivity contribution >= 4 is 12.1 Å². The summed E-state index contributed by atoms with van der Waals surface area (Å²) < 4.78 is 9.33. The summed E-state index contributed by atoms with van der Waals surface area (Å²) in [5, 5.41) is 5.34. The van der Waals surface area contributed by atoms with Crippen molar-refractivity contribution in [2.24, 2.45) is 0 Å². The molecule has 0 aromatic carbocycles. The van der Waals surface area contributed by atoms with E-state index in [1.807, 2.05) is 0 Å². The number of rotatable bonds is 7. The second-order valence-electron chi connectivity index (χ2n) is 2.63. The Morgan fingerprint density at radius 1 is 1.07 bits per heavy atom. The molecule has 0 aliphatic rings. The maximum atomic E-state index is 10.8. The van der Waals surface area contributed by atoms with E-state index in [0.29, 0.717) is 26.3 Å². The smallest absolute Gasteiger partial charge is 0.407 e. The first-order valence-electron chi connectivity index (χ1n) is 4.97. The Kier molecular flexibility index (Phi) is 8.46. The maximum Gasteiger partial charge on any atom is 0.407 e. The van der Waals surface area contributed by atoms with Crippen molar-refractivity contribution in [2.45, 2.75) is 13.8 Å². The highest BCUT2D eigenvalue weighted by atomic mass is 16.5. The molecule has 2 N–H and O–H groups in total. The molecule has 0 aromatic heterocycles. The summed E-state index contributed by atoms with van der Waals surface area (Å²) in [5.41, 5.74) is 0. The highest BCUT2D eigenvalue weighted by Gasteiger charge is 2.01. The van der Waals surface area contributed by atoms with Crippen LogP contribution in [0.3, 0.4) is 0 Å². The molecule has 0 saturated heterocycles. The molecule has 0 radical (unpaired) electrons. The van der Waals surface area contributed by atoms with Gasteiger partial charge in [0, 0.05) is 13.1 Å². The van der Waals surface area contributed by atoms with Crippen molar-refractivity contribution in [3.63, 3.8) is 0 Å². The number of amides is 1. The minimum absolute atomic E-state index is 0.151. The zero-order chi connectivity index (χ0) is 11.5. The van der Waals surface area contributed by atoms with E-state index in [0.717, 1.165) is 0 Å². The van der Waals surface area contributed by atoms with E-state index < -0.39 is 6.09 Å². The van der Waals surface area contributed by atoms with Crippen molar-refractivity contribution in [3.05, 3.63) is 0 Å². The Labute approximate surface area is 89.3 Å². The van der Waals surface area contributed by atoms with Crippen LogP contribution in [0.25, 0.3) is 0 Å². The summed E-state index contributed by atoms with van der Waals surface area (Å²) in [5.74, 6) is -0.298. The Morgan fingerprint density at radius 3 is 2.33 bits per heavy atom. The predicted molar refractivity (Wildman–Crippen MR) is 54.5 cm³/mol. The molecule has 1 amide bonds. The molecule has 0 aliphatic heterocycles. The maximum absolute atomic E-state index is 10.8. The Balaban J connectivity index is 3.24. The molecule has 0 spiro atoms. The third-order valence-corrected chi connectivity index (χ3v) is 1.42. The molecule has 6 heteroatoms. The molecular weight excluding hydrogens is 200 g/mol. The van der Waals surface area contributed by atoms with Gasteiger partial charge in [0.2, 0.25) is 0 Å². The highest BCUT2D eigenvalue weighted by molar-refractivity contribution is 5.71. The molecule has 0 unspecified atom stereocenters. The van der Waals surface area contributed by atoms with Crippen LogP contribution in [-0.4, -0.2) is 44.9 Å². The lowest BCUT2D eigenvalue weighted by Crippen LogP contribution is -2.34. The van der Waals surface area contributed by atoms with Crippen molar-refractivity contribution in [3.8, 4) is 0 Å². The van der Waals surface area contributed by atoms with Crippen LogP contribution >= 0.6 is 0 Å². The van der Waals surface area contributed by atoms with Crippen LogP contribution in [-0.2, 0) is 14.3 Å². The monoisotopic (exact) mass is 218 g/mol. The molecule has 6 nitrogen and oxygen atoms in total. The number of carbonyl (C=O) groups is 2. The molecule has 0 saturated carbocycles. The second kappa shape index (κ2) is 9.26. The Morgan fingerprint density at radius 2 is 1.73 bits per heavy atom. The van der Waals surface area contributed by atoms with Crippen LogP contribution in [0, 0.1) is 0 Å². The van der Waals surface area contributed by atoms with Gasteiger partial charge in [-0.1, -0.05) is 0 Å². The van der Waals surface area contributed by atoms with E-state index in [4.69, 9.17) is 4.74 Å². The summed E-state index contributed by atoms with van der Waals surface area (Å²) in [6.45, 7) is 5.27. The quantitative estimate of drug-likeness (QED) is 0.460. The zero-order valence-corrected chi connectivity index (χ0v) is 9.17. The summed E-state index contributed by atoms with van der Waals surface area (Å²) in [6.07, 6.45) is -0.449. The number of hydrogen-bond acceptors (Lipinski definition) is 5. The fourth-order valence-electron chi connectivity index (χ4n) is 0.838. The lowest BCUT2D eigenvalue weighted by atomic mass is 10.5. The number of ether oxygens (including phenoxy) is 2. The molecular formula is C9H18N2O4. The Hall–Kier alpha value is -1.30. The van der Waals surface area contributed by atoms with Gasteiger partial charge in [0.25, 0.3) is 0 Å². The van der Waals surface area contributed by atoms with Gasteiger partial charge in [-0.3, -0.25) is 4.79 Å². The van der Waals surface area contributed by atoms with Crippen molar-refractivity contribution in [1.82, 2.24) is 10.6 Å². The van der Waals surface area contributed by atoms with Gasteiger partial charge in [-0.15, -0.1) is 0 Å². The van der Waals surface area contributed by atoms with Gasteiger partial charge in [-0.25, -0.2) is 4.79 Å². The van der Waals surface area contributed by atoms with Gasteiger partial charge in [0.05, 0.1) is 19.8 Å². The van der Waals surface area contributed by atoms with Gasteiger partial charge in [-0.2, -0.15) is 0 Å². The lowest BCUT2D eigenvalue weighted by Gasteiger charge is -2.06. The average Bonchev–Trinajstić information content (AvgIpc) is 2.18. The van der Waals surface area contributed by atoms with Crippen LogP contribution in [0.15, 0.2) is 0 Å². The summed E-state index contributed by atoms with van der Waals surface area (Å²) in [7, 11) is 0. The topological polar surface area (TPSA) is 76.7 Å². The molecule has 0 aromatic rings. The van der Waals surface area contributed by atoms with E-state index in [-0.39, 0.29) is 12.5 Å². The van der Waals surface area contributed by atoms with Gasteiger partial charge in [0.1, 0.15) is 0 Å². The van der Waals surface area contributed by atoms with E-state index in [9.17, 15) is 9.59 Å². The fraction of sp³-hybridized carbons (Fsp3) is 0.778. The van der Waals surface area contributed by atoms with E-state index in [1.165, 1.54) is 0 Å². The Bertz CT molecular complexity index is 177. The fourth-order valence-corrected chi connectivity index (χ4v) is 0.838. The zero-order valence-electron chi connectivity index (χ0n) is 9.17. The largest absolute Gasteiger partial charge is 0.465 e. The van der Waals surface area contributed by atoms with Gasteiger partial charge in [0.15, 0.2) is 0 Å². The van der Waals surface area contributed by atoms with Gasteiger partial charge >= 0.3 is 12.1 Å². The van der Waals surface area contributed by atoms with Crippen LogP contribution < -0.4 is 10.6 Å². The number of alkyl carbamates (subject to hydrolysis) is 1. The van der Waals surface area contributed by atoms with Crippen molar-refractivity contribution < 1.29 is 19.1 Å². The van der Waals surface area contributed by atoms with E-state index in [2.05, 4.69) is 15.4 Å². The van der Waals surface area contributed by atoms with E-state index >= 15 is 0 Å². The van der Waals surface area contributed by atoms with Crippen molar-refractivity contribution in [1.29, 1.82) is 0 Å². The first-order chi connectivity index (χ1) is 7.20. The van der Waals surface area contributed by atoms with Crippen LogP contribution in [0.2, 0.25) is 0 Å². The SMILES string of the molecule is CCOC(=O)CNCCNC(=O)OCC. The number of carbonyl (C=O) groups excluding carboxylic acids is 2.